The highest BCUT2D eigenvalue weighted by Gasteiger charge is 2.38. The number of aliphatic hydroxyl groups is 2. The molecule has 194 valence electrons. The van der Waals surface area contributed by atoms with E-state index in [1.165, 1.54) is 5.56 Å². The van der Waals surface area contributed by atoms with Crippen LogP contribution in [0.25, 0.3) is 16.9 Å². The first-order chi connectivity index (χ1) is 17.4. The van der Waals surface area contributed by atoms with Crippen molar-refractivity contribution in [2.24, 2.45) is 11.7 Å². The van der Waals surface area contributed by atoms with E-state index in [1.807, 2.05) is 41.3 Å². The van der Waals surface area contributed by atoms with Crippen molar-refractivity contribution in [3.05, 3.63) is 64.7 Å². The molecule has 0 radical (unpaired) electrons. The van der Waals surface area contributed by atoms with Crippen molar-refractivity contribution < 1.29 is 19.7 Å². The number of rotatable bonds is 8. The monoisotopic (exact) mass is 512 g/mol. The van der Waals surface area contributed by atoms with Gasteiger partial charge in [-0.05, 0) is 61.8 Å². The Balaban J connectivity index is 1.34. The van der Waals surface area contributed by atoms with Crippen molar-refractivity contribution in [3.63, 3.8) is 0 Å². The molecule has 4 unspecified atom stereocenters. The van der Waals surface area contributed by atoms with Crippen LogP contribution in [0.5, 0.6) is 0 Å². The number of carbonyl (C=O) groups excluding carboxylic acids is 1. The van der Waals surface area contributed by atoms with Gasteiger partial charge in [0, 0.05) is 41.2 Å². The molecule has 0 aromatic heterocycles. The molecule has 1 heterocycles. The van der Waals surface area contributed by atoms with E-state index in [9.17, 15) is 15.0 Å². The Labute approximate surface area is 218 Å². The number of morpholine rings is 1. The molecule has 2 aromatic carbocycles. The summed E-state index contributed by atoms with van der Waals surface area (Å²) in [5, 5.41) is 21.4. The number of aryl methyl sites for hydroxylation is 1. The molecule has 1 saturated carbocycles. The number of carbonyl (C=O) groups is 1. The molecule has 4 N–H and O–H groups in total. The average Bonchev–Trinajstić information content (AvgIpc) is 3.23. The molecule has 2 fully saturated rings. The second-order valence-electron chi connectivity index (χ2n) is 9.91. The molecule has 0 spiro atoms. The standard InChI is InChI=1S/C29H37ClN2O4/c1-2-19-7-5-8-20(15-19)28-23(10-6-11-24(28)30)26(33)12-4-3-9-22-18-32(13-14-36-22)29(35)21-16-25(31)27(34)17-21/h5-8,10-12,15,21-22,25,27,33-34H,2-4,9,13-14,16-18,31H2,1H3. The Morgan fingerprint density at radius 3 is 2.81 bits per heavy atom. The number of benzene rings is 2. The summed E-state index contributed by atoms with van der Waals surface area (Å²) in [6, 6.07) is 13.5. The zero-order chi connectivity index (χ0) is 25.7. The van der Waals surface area contributed by atoms with Crippen LogP contribution in [0.15, 0.2) is 48.5 Å². The van der Waals surface area contributed by atoms with E-state index in [0.29, 0.717) is 44.0 Å². The molecule has 1 aliphatic heterocycles. The van der Waals surface area contributed by atoms with Crippen molar-refractivity contribution in [2.75, 3.05) is 19.7 Å². The van der Waals surface area contributed by atoms with Gasteiger partial charge in [-0.3, -0.25) is 4.79 Å². The van der Waals surface area contributed by atoms with Crippen molar-refractivity contribution >= 4 is 23.3 Å². The SMILES string of the molecule is CCc1cccc(-c2c(Cl)cccc2C(O)=CCCCC2CN(C(=O)C3CC(N)C(O)C3)CCO2)c1. The molecular weight excluding hydrogens is 476 g/mol. The number of halogens is 1. The van der Waals surface area contributed by atoms with Gasteiger partial charge < -0.3 is 25.6 Å². The number of nitrogens with zero attached hydrogens (tertiary/aromatic N) is 1. The zero-order valence-corrected chi connectivity index (χ0v) is 21.7. The number of ether oxygens (including phenoxy) is 1. The van der Waals surface area contributed by atoms with Crippen molar-refractivity contribution in [2.45, 2.75) is 63.7 Å². The first-order valence-corrected chi connectivity index (χ1v) is 13.4. The van der Waals surface area contributed by atoms with Crippen LogP contribution in [0.3, 0.4) is 0 Å². The lowest BCUT2D eigenvalue weighted by molar-refractivity contribution is -0.143. The highest BCUT2D eigenvalue weighted by Crippen LogP contribution is 2.35. The van der Waals surface area contributed by atoms with E-state index < -0.39 is 6.10 Å². The van der Waals surface area contributed by atoms with Gasteiger partial charge >= 0.3 is 0 Å². The van der Waals surface area contributed by atoms with E-state index >= 15 is 0 Å². The fourth-order valence-corrected chi connectivity index (χ4v) is 5.56. The van der Waals surface area contributed by atoms with Gasteiger partial charge in [0.1, 0.15) is 5.76 Å². The normalized spacial score (nSPS) is 24.8. The molecule has 4 rings (SSSR count). The molecular formula is C29H37ClN2O4. The minimum absolute atomic E-state index is 0.0308. The van der Waals surface area contributed by atoms with Crippen LogP contribution in [0.2, 0.25) is 5.02 Å². The predicted molar refractivity (Wildman–Crippen MR) is 144 cm³/mol. The van der Waals surface area contributed by atoms with Crippen LogP contribution in [0.1, 0.15) is 50.2 Å². The molecule has 4 atom stereocenters. The maximum atomic E-state index is 12.9. The summed E-state index contributed by atoms with van der Waals surface area (Å²) in [7, 11) is 0. The minimum Gasteiger partial charge on any atom is -0.508 e. The quantitative estimate of drug-likeness (QED) is 0.343. The maximum Gasteiger partial charge on any atom is 0.226 e. The summed E-state index contributed by atoms with van der Waals surface area (Å²) in [4.78, 5) is 14.7. The van der Waals surface area contributed by atoms with Crippen molar-refractivity contribution in [1.82, 2.24) is 4.90 Å². The van der Waals surface area contributed by atoms with Gasteiger partial charge in [0.25, 0.3) is 0 Å². The first-order valence-electron chi connectivity index (χ1n) is 13.0. The number of aliphatic hydroxyl groups excluding tert-OH is 2. The van der Waals surface area contributed by atoms with Gasteiger partial charge in [-0.1, -0.05) is 54.9 Å². The van der Waals surface area contributed by atoms with Crippen LogP contribution >= 0.6 is 11.6 Å². The van der Waals surface area contributed by atoms with Gasteiger partial charge in [-0.25, -0.2) is 0 Å². The Morgan fingerprint density at radius 2 is 2.06 bits per heavy atom. The Kier molecular flexibility index (Phi) is 9.07. The summed E-state index contributed by atoms with van der Waals surface area (Å²) < 4.78 is 5.90. The molecule has 6 nitrogen and oxygen atoms in total. The third kappa shape index (κ3) is 6.30. The van der Waals surface area contributed by atoms with Gasteiger partial charge in [0.2, 0.25) is 5.91 Å². The first kappa shape index (κ1) is 26.7. The molecule has 0 bridgehead atoms. The lowest BCUT2D eigenvalue weighted by Gasteiger charge is -2.34. The summed E-state index contributed by atoms with van der Waals surface area (Å²) in [5.74, 6) is 0.0962. The summed E-state index contributed by atoms with van der Waals surface area (Å²) in [6.07, 6.45) is 5.43. The summed E-state index contributed by atoms with van der Waals surface area (Å²) in [5.41, 5.74) is 9.66. The minimum atomic E-state index is -0.592. The molecule has 2 aromatic rings. The zero-order valence-electron chi connectivity index (χ0n) is 20.9. The Hall–Kier alpha value is -2.38. The van der Waals surface area contributed by atoms with E-state index in [4.69, 9.17) is 22.1 Å². The lowest BCUT2D eigenvalue weighted by Crippen LogP contribution is -2.47. The van der Waals surface area contributed by atoms with Gasteiger partial charge in [0.05, 0.1) is 18.8 Å². The predicted octanol–water partition coefficient (Wildman–Crippen LogP) is 4.96. The van der Waals surface area contributed by atoms with Crippen LogP contribution in [0, 0.1) is 5.92 Å². The van der Waals surface area contributed by atoms with E-state index in [2.05, 4.69) is 19.1 Å². The highest BCUT2D eigenvalue weighted by molar-refractivity contribution is 6.33. The van der Waals surface area contributed by atoms with Gasteiger partial charge in [-0.15, -0.1) is 0 Å². The maximum absolute atomic E-state index is 12.9. The molecule has 1 aliphatic carbocycles. The molecule has 2 aliphatic rings. The van der Waals surface area contributed by atoms with Crippen molar-refractivity contribution in [1.29, 1.82) is 0 Å². The fraction of sp³-hybridized carbons (Fsp3) is 0.483. The van der Waals surface area contributed by atoms with Crippen molar-refractivity contribution in [3.8, 4) is 11.1 Å². The Bertz CT molecular complexity index is 1080. The second kappa shape index (κ2) is 12.2. The van der Waals surface area contributed by atoms with Gasteiger partial charge in [0.15, 0.2) is 0 Å². The number of hydrogen-bond donors (Lipinski definition) is 3. The van der Waals surface area contributed by atoms with Crippen LogP contribution in [-0.2, 0) is 16.0 Å². The number of nitrogens with two attached hydrogens (primary N) is 1. The lowest BCUT2D eigenvalue weighted by atomic mass is 9.96. The van der Waals surface area contributed by atoms with Crippen LogP contribution in [-0.4, -0.2) is 59.0 Å². The average molecular weight is 513 g/mol. The highest BCUT2D eigenvalue weighted by atomic mass is 35.5. The van der Waals surface area contributed by atoms with Gasteiger partial charge in [-0.2, -0.15) is 0 Å². The second-order valence-corrected chi connectivity index (χ2v) is 10.3. The molecule has 1 saturated heterocycles. The van der Waals surface area contributed by atoms with E-state index in [-0.39, 0.29) is 29.7 Å². The summed E-state index contributed by atoms with van der Waals surface area (Å²) >= 11 is 6.56. The number of allylic oxidation sites excluding steroid dienone is 1. The largest absolute Gasteiger partial charge is 0.508 e. The smallest absolute Gasteiger partial charge is 0.226 e. The third-order valence-electron chi connectivity index (χ3n) is 7.36. The topological polar surface area (TPSA) is 96.0 Å². The van der Waals surface area contributed by atoms with E-state index in [0.717, 1.165) is 36.0 Å². The number of amides is 1. The van der Waals surface area contributed by atoms with E-state index in [1.54, 1.807) is 0 Å². The van der Waals surface area contributed by atoms with Crippen LogP contribution < -0.4 is 5.73 Å². The molecule has 1 amide bonds. The fourth-order valence-electron chi connectivity index (χ4n) is 5.27. The molecule has 36 heavy (non-hydrogen) atoms. The molecule has 7 heteroatoms. The third-order valence-corrected chi connectivity index (χ3v) is 7.67. The number of hydrogen-bond acceptors (Lipinski definition) is 5. The van der Waals surface area contributed by atoms with Crippen LogP contribution in [0.4, 0.5) is 0 Å². The summed E-state index contributed by atoms with van der Waals surface area (Å²) in [6.45, 7) is 3.77. The Morgan fingerprint density at radius 1 is 1.25 bits per heavy atom. The number of unbranched alkanes of at least 4 members (excludes halogenated alkanes) is 1.